The minimum atomic E-state index is -0.295. The van der Waals surface area contributed by atoms with Gasteiger partial charge in [0.25, 0.3) is 5.56 Å². The van der Waals surface area contributed by atoms with Crippen LogP contribution in [-0.2, 0) is 13.1 Å². The summed E-state index contributed by atoms with van der Waals surface area (Å²) < 4.78 is 15.1. The Morgan fingerprint density at radius 2 is 1.83 bits per heavy atom. The predicted octanol–water partition coefficient (Wildman–Crippen LogP) is 3.90. The number of aliphatic hydroxyl groups is 1. The van der Waals surface area contributed by atoms with Crippen molar-refractivity contribution in [2.45, 2.75) is 53.2 Å². The summed E-state index contributed by atoms with van der Waals surface area (Å²) in [6, 6.07) is 12.1. The molecule has 0 saturated carbocycles. The van der Waals surface area contributed by atoms with Gasteiger partial charge in [-0.05, 0) is 89.0 Å². The zero-order valence-electron chi connectivity index (χ0n) is 21.2. The first-order valence-corrected chi connectivity index (χ1v) is 12.3. The molecule has 4 aromatic rings. The summed E-state index contributed by atoms with van der Waals surface area (Å²) in [6.07, 6.45) is 0.548. The van der Waals surface area contributed by atoms with Crippen LogP contribution < -0.4 is 5.56 Å². The largest absolute Gasteiger partial charge is 0.396 e. The number of aromatic amines is 1. The number of nitrogens with zero attached hydrogens (tertiary/aromatic N) is 5. The number of aryl methyl sites for hydroxylation is 2. The van der Waals surface area contributed by atoms with E-state index in [1.54, 1.807) is 16.8 Å². The molecule has 0 saturated heterocycles. The van der Waals surface area contributed by atoms with Crippen molar-refractivity contribution in [1.29, 1.82) is 0 Å². The molecular formula is C27H33FN6O2. The first kappa shape index (κ1) is 25.7. The number of H-pyrrole nitrogens is 1. The topological polar surface area (TPSA) is 99.9 Å². The Labute approximate surface area is 209 Å². The van der Waals surface area contributed by atoms with Crippen LogP contribution in [0.1, 0.15) is 54.4 Å². The van der Waals surface area contributed by atoms with Crippen LogP contribution in [0, 0.1) is 25.6 Å². The molecule has 0 aliphatic rings. The van der Waals surface area contributed by atoms with Gasteiger partial charge >= 0.3 is 0 Å². The summed E-state index contributed by atoms with van der Waals surface area (Å²) in [5.41, 5.74) is 4.50. The van der Waals surface area contributed by atoms with E-state index < -0.39 is 0 Å². The molecule has 0 radical (unpaired) electrons. The number of aliphatic hydroxyl groups excluding tert-OH is 1. The Morgan fingerprint density at radius 1 is 1.11 bits per heavy atom. The SMILES string of the molecule is Cc1cc2cc(CN(CCCO)[C@@H](c3nnnn3Cc3ccc(F)cc3)C(C)C)c(=O)[nH]c2cc1C. The Balaban J connectivity index is 1.70. The fourth-order valence-corrected chi connectivity index (χ4v) is 4.63. The van der Waals surface area contributed by atoms with E-state index in [0.717, 1.165) is 27.6 Å². The van der Waals surface area contributed by atoms with Gasteiger partial charge in [-0.3, -0.25) is 9.69 Å². The zero-order valence-corrected chi connectivity index (χ0v) is 21.2. The van der Waals surface area contributed by atoms with Crippen LogP contribution in [0.5, 0.6) is 0 Å². The van der Waals surface area contributed by atoms with Crippen molar-refractivity contribution in [3.8, 4) is 0 Å². The second-order valence-electron chi connectivity index (χ2n) is 9.71. The monoisotopic (exact) mass is 492 g/mol. The molecule has 2 N–H and O–H groups in total. The molecule has 0 aliphatic carbocycles. The van der Waals surface area contributed by atoms with Gasteiger partial charge in [-0.1, -0.05) is 26.0 Å². The molecule has 2 heterocycles. The molecule has 4 rings (SSSR count). The Morgan fingerprint density at radius 3 is 2.53 bits per heavy atom. The third kappa shape index (κ3) is 5.68. The maximum atomic E-state index is 13.4. The van der Waals surface area contributed by atoms with Crippen molar-refractivity contribution in [1.82, 2.24) is 30.1 Å². The Kier molecular flexibility index (Phi) is 7.91. The van der Waals surface area contributed by atoms with E-state index >= 15 is 0 Å². The summed E-state index contributed by atoms with van der Waals surface area (Å²) in [5, 5.41) is 23.1. The number of hydrogen-bond donors (Lipinski definition) is 2. The van der Waals surface area contributed by atoms with Crippen molar-refractivity contribution in [2.75, 3.05) is 13.2 Å². The summed E-state index contributed by atoms with van der Waals surface area (Å²) >= 11 is 0. The van der Waals surface area contributed by atoms with Gasteiger partial charge in [-0.25, -0.2) is 9.07 Å². The molecular weight excluding hydrogens is 459 g/mol. The van der Waals surface area contributed by atoms with Crippen LogP contribution in [0.2, 0.25) is 0 Å². The molecule has 0 aliphatic heterocycles. The fraction of sp³-hybridized carbons (Fsp3) is 0.407. The average molecular weight is 493 g/mol. The van der Waals surface area contributed by atoms with Crippen LogP contribution in [0.3, 0.4) is 0 Å². The maximum absolute atomic E-state index is 13.4. The van der Waals surface area contributed by atoms with Crippen LogP contribution in [-0.4, -0.2) is 48.3 Å². The standard InChI is InChI=1S/C27H33FN6O2/c1-17(2)25(26-30-31-32-34(26)15-20-6-8-23(28)9-7-20)33(10-5-11-35)16-22-14-21-12-18(3)19(4)13-24(21)29-27(22)36/h6-9,12-14,17,25,35H,5,10-11,15-16H2,1-4H3,(H,29,36)/t25-/m1/s1. The quantitative estimate of drug-likeness (QED) is 0.348. The van der Waals surface area contributed by atoms with E-state index in [0.29, 0.717) is 37.4 Å². The smallest absolute Gasteiger partial charge is 0.252 e. The Bertz CT molecular complexity index is 1380. The van der Waals surface area contributed by atoms with Gasteiger partial charge in [0.1, 0.15) is 5.82 Å². The van der Waals surface area contributed by atoms with Crippen LogP contribution >= 0.6 is 0 Å². The highest BCUT2D eigenvalue weighted by atomic mass is 19.1. The van der Waals surface area contributed by atoms with Gasteiger partial charge in [0.15, 0.2) is 5.82 Å². The molecule has 190 valence electrons. The normalized spacial score (nSPS) is 12.7. The molecule has 0 unspecified atom stereocenters. The third-order valence-corrected chi connectivity index (χ3v) is 6.61. The number of nitrogens with one attached hydrogen (secondary N) is 1. The lowest BCUT2D eigenvalue weighted by molar-refractivity contribution is 0.122. The predicted molar refractivity (Wildman–Crippen MR) is 137 cm³/mol. The second-order valence-corrected chi connectivity index (χ2v) is 9.71. The molecule has 9 heteroatoms. The van der Waals surface area contributed by atoms with Gasteiger partial charge in [-0.15, -0.1) is 5.10 Å². The summed E-state index contributed by atoms with van der Waals surface area (Å²) in [5.74, 6) is 0.485. The minimum absolute atomic E-state index is 0.0361. The average Bonchev–Trinajstić information content (AvgIpc) is 3.28. The van der Waals surface area contributed by atoms with E-state index in [2.05, 4.69) is 52.2 Å². The summed E-state index contributed by atoms with van der Waals surface area (Å²) in [6.45, 7) is 9.64. The van der Waals surface area contributed by atoms with Crippen molar-refractivity contribution >= 4 is 10.9 Å². The van der Waals surface area contributed by atoms with E-state index in [4.69, 9.17) is 0 Å². The van der Waals surface area contributed by atoms with E-state index in [-0.39, 0.29) is 29.9 Å². The molecule has 0 amide bonds. The highest BCUT2D eigenvalue weighted by Crippen LogP contribution is 2.29. The van der Waals surface area contributed by atoms with Gasteiger partial charge in [0, 0.05) is 30.8 Å². The lowest BCUT2D eigenvalue weighted by atomic mass is 9.99. The number of tetrazole rings is 1. The van der Waals surface area contributed by atoms with Gasteiger partial charge < -0.3 is 10.1 Å². The second kappa shape index (κ2) is 11.1. The van der Waals surface area contributed by atoms with Crippen LogP contribution in [0.25, 0.3) is 10.9 Å². The molecule has 36 heavy (non-hydrogen) atoms. The first-order valence-electron chi connectivity index (χ1n) is 12.3. The number of rotatable bonds is 10. The molecule has 2 aromatic carbocycles. The number of fused-ring (bicyclic) bond motifs is 1. The number of benzene rings is 2. The van der Waals surface area contributed by atoms with Crippen molar-refractivity contribution in [3.63, 3.8) is 0 Å². The molecule has 1 atom stereocenters. The highest BCUT2D eigenvalue weighted by Gasteiger charge is 2.29. The van der Waals surface area contributed by atoms with Crippen LogP contribution in [0.15, 0.2) is 47.3 Å². The van der Waals surface area contributed by atoms with E-state index in [1.165, 1.54) is 12.1 Å². The van der Waals surface area contributed by atoms with Crippen LogP contribution in [0.4, 0.5) is 4.39 Å². The fourth-order valence-electron chi connectivity index (χ4n) is 4.63. The lowest BCUT2D eigenvalue weighted by Gasteiger charge is -2.33. The number of pyridine rings is 1. The van der Waals surface area contributed by atoms with E-state index in [1.807, 2.05) is 19.1 Å². The number of hydrogen-bond acceptors (Lipinski definition) is 6. The Hall–Kier alpha value is -3.43. The molecule has 0 bridgehead atoms. The van der Waals surface area contributed by atoms with E-state index in [9.17, 15) is 14.3 Å². The maximum Gasteiger partial charge on any atom is 0.252 e. The van der Waals surface area contributed by atoms with Crippen molar-refractivity contribution < 1.29 is 9.50 Å². The molecule has 2 aromatic heterocycles. The minimum Gasteiger partial charge on any atom is -0.396 e. The summed E-state index contributed by atoms with van der Waals surface area (Å²) in [7, 11) is 0. The van der Waals surface area contributed by atoms with Gasteiger partial charge in [0.05, 0.1) is 12.6 Å². The lowest BCUT2D eigenvalue weighted by Crippen LogP contribution is -2.36. The number of aromatic nitrogens is 5. The summed E-state index contributed by atoms with van der Waals surface area (Å²) in [4.78, 5) is 18.2. The molecule has 0 fully saturated rings. The molecule has 8 nitrogen and oxygen atoms in total. The number of halogens is 1. The highest BCUT2D eigenvalue weighted by molar-refractivity contribution is 5.80. The van der Waals surface area contributed by atoms with Gasteiger partial charge in [0.2, 0.25) is 0 Å². The molecule has 0 spiro atoms. The third-order valence-electron chi connectivity index (χ3n) is 6.61. The van der Waals surface area contributed by atoms with Crippen molar-refractivity contribution in [3.05, 3.63) is 86.7 Å². The first-order chi connectivity index (χ1) is 17.3. The van der Waals surface area contributed by atoms with Gasteiger partial charge in [-0.2, -0.15) is 0 Å². The zero-order chi connectivity index (χ0) is 25.8. The van der Waals surface area contributed by atoms with Crippen molar-refractivity contribution in [2.24, 2.45) is 5.92 Å².